The Morgan fingerprint density at radius 3 is 2.59 bits per heavy atom. The molecule has 1 aliphatic carbocycles. The van der Waals surface area contributed by atoms with Crippen LogP contribution in [0, 0.1) is 6.92 Å². The van der Waals surface area contributed by atoms with Gasteiger partial charge in [0.1, 0.15) is 0 Å². The molecule has 0 atom stereocenters. The molecule has 1 aliphatic rings. The second kappa shape index (κ2) is 4.68. The normalized spacial score (nSPS) is 17.4. The number of rotatable bonds is 4. The Balaban J connectivity index is 2.33. The maximum Gasteiger partial charge on any atom is 0.244 e. The van der Waals surface area contributed by atoms with Gasteiger partial charge in [-0.3, -0.25) is 0 Å². The molecule has 1 saturated carbocycles. The highest BCUT2D eigenvalue weighted by atomic mass is 32.2. The number of hydrogen-bond donors (Lipinski definition) is 1. The molecule has 1 fully saturated rings. The molecule has 0 aromatic carbocycles. The Labute approximate surface area is 106 Å². The zero-order valence-electron chi connectivity index (χ0n) is 10.0. The van der Waals surface area contributed by atoms with E-state index in [1.165, 1.54) is 15.6 Å². The molecule has 0 aliphatic heterocycles. The summed E-state index contributed by atoms with van der Waals surface area (Å²) < 4.78 is 26.2. The number of sulfonamides is 1. The SMILES string of the molecule is Cc1sc(CO)cc1S(=O)(=O)N(C)C1CCC1. The number of nitrogens with zero attached hydrogens (tertiary/aromatic N) is 1. The van der Waals surface area contributed by atoms with Crippen LogP contribution in [0.3, 0.4) is 0 Å². The van der Waals surface area contributed by atoms with Gasteiger partial charge in [-0.25, -0.2) is 8.42 Å². The topological polar surface area (TPSA) is 57.6 Å². The fourth-order valence-corrected chi connectivity index (χ4v) is 4.84. The van der Waals surface area contributed by atoms with E-state index in [2.05, 4.69) is 0 Å². The van der Waals surface area contributed by atoms with Gasteiger partial charge in [0.15, 0.2) is 0 Å². The predicted octanol–water partition coefficient (Wildman–Crippen LogP) is 1.72. The molecule has 0 radical (unpaired) electrons. The van der Waals surface area contributed by atoms with E-state index in [9.17, 15) is 8.42 Å². The molecule has 6 heteroatoms. The Morgan fingerprint density at radius 1 is 1.53 bits per heavy atom. The first-order valence-corrected chi connectivity index (χ1v) is 7.90. The minimum absolute atomic E-state index is 0.103. The number of thiophene rings is 1. The summed E-state index contributed by atoms with van der Waals surface area (Å²) in [6.07, 6.45) is 3.01. The standard InChI is InChI=1S/C11H17NO3S2/c1-8-11(6-10(7-13)16-8)17(14,15)12(2)9-4-3-5-9/h6,9,13H,3-5,7H2,1-2H3. The minimum Gasteiger partial charge on any atom is -0.391 e. The summed E-state index contributed by atoms with van der Waals surface area (Å²) in [7, 11) is -1.74. The Morgan fingerprint density at radius 2 is 2.18 bits per heavy atom. The van der Waals surface area contributed by atoms with Gasteiger partial charge in [0.05, 0.1) is 11.5 Å². The molecule has 17 heavy (non-hydrogen) atoms. The Kier molecular flexibility index (Phi) is 3.58. The van der Waals surface area contributed by atoms with Crippen LogP contribution in [0.2, 0.25) is 0 Å². The lowest BCUT2D eigenvalue weighted by Gasteiger charge is -2.33. The zero-order valence-corrected chi connectivity index (χ0v) is 11.6. The van der Waals surface area contributed by atoms with Crippen molar-refractivity contribution in [1.82, 2.24) is 4.31 Å². The molecule has 0 spiro atoms. The van der Waals surface area contributed by atoms with Crippen LogP contribution in [-0.2, 0) is 16.6 Å². The quantitative estimate of drug-likeness (QED) is 0.910. The summed E-state index contributed by atoms with van der Waals surface area (Å²) in [4.78, 5) is 1.80. The second-order valence-electron chi connectivity index (χ2n) is 4.40. The van der Waals surface area contributed by atoms with Gasteiger partial charge in [-0.05, 0) is 25.8 Å². The molecule has 2 rings (SSSR count). The van der Waals surface area contributed by atoms with E-state index in [0.29, 0.717) is 9.77 Å². The molecule has 1 heterocycles. The van der Waals surface area contributed by atoms with Crippen molar-refractivity contribution < 1.29 is 13.5 Å². The van der Waals surface area contributed by atoms with Crippen molar-refractivity contribution >= 4 is 21.4 Å². The van der Waals surface area contributed by atoms with Crippen molar-refractivity contribution in [2.75, 3.05) is 7.05 Å². The molecular weight excluding hydrogens is 258 g/mol. The maximum atomic E-state index is 12.4. The molecule has 96 valence electrons. The molecular formula is C11H17NO3S2. The summed E-state index contributed by atoms with van der Waals surface area (Å²) in [6, 6.07) is 1.74. The van der Waals surface area contributed by atoms with Crippen LogP contribution in [0.5, 0.6) is 0 Å². The molecule has 0 bridgehead atoms. The molecule has 0 amide bonds. The third-order valence-corrected chi connectivity index (χ3v) is 6.53. The van der Waals surface area contributed by atoms with E-state index in [0.717, 1.165) is 24.1 Å². The third kappa shape index (κ3) is 2.27. The Bertz CT molecular complexity index is 503. The number of aliphatic hydroxyl groups is 1. The average Bonchev–Trinajstić information content (AvgIpc) is 2.57. The van der Waals surface area contributed by atoms with Gasteiger partial charge >= 0.3 is 0 Å². The number of aryl methyl sites for hydroxylation is 1. The van der Waals surface area contributed by atoms with Gasteiger partial charge in [-0.2, -0.15) is 4.31 Å². The Hall–Kier alpha value is -0.430. The zero-order chi connectivity index (χ0) is 12.6. The van der Waals surface area contributed by atoms with Gasteiger partial charge < -0.3 is 5.11 Å². The van der Waals surface area contributed by atoms with E-state index in [1.807, 2.05) is 0 Å². The van der Waals surface area contributed by atoms with E-state index in [1.54, 1.807) is 20.0 Å². The molecule has 0 saturated heterocycles. The highest BCUT2D eigenvalue weighted by molar-refractivity contribution is 7.89. The fourth-order valence-electron chi connectivity index (χ4n) is 1.96. The molecule has 1 aromatic rings. The van der Waals surface area contributed by atoms with Crippen LogP contribution in [0.1, 0.15) is 29.0 Å². The number of hydrogen-bond acceptors (Lipinski definition) is 4. The fraction of sp³-hybridized carbons (Fsp3) is 0.636. The van der Waals surface area contributed by atoms with Gasteiger partial charge in [0.25, 0.3) is 0 Å². The monoisotopic (exact) mass is 275 g/mol. The highest BCUT2D eigenvalue weighted by Gasteiger charge is 2.33. The van der Waals surface area contributed by atoms with E-state index >= 15 is 0 Å². The summed E-state index contributed by atoms with van der Waals surface area (Å²) in [5, 5.41) is 9.05. The maximum absolute atomic E-state index is 12.4. The smallest absolute Gasteiger partial charge is 0.244 e. The lowest BCUT2D eigenvalue weighted by atomic mass is 9.94. The van der Waals surface area contributed by atoms with Crippen LogP contribution in [0.4, 0.5) is 0 Å². The van der Waals surface area contributed by atoms with E-state index < -0.39 is 10.0 Å². The highest BCUT2D eigenvalue weighted by Crippen LogP contribution is 2.32. The molecule has 1 aromatic heterocycles. The summed E-state index contributed by atoms with van der Waals surface area (Å²) in [5.74, 6) is 0. The van der Waals surface area contributed by atoms with E-state index in [-0.39, 0.29) is 12.6 Å². The first kappa shape index (κ1) is 13.0. The number of aliphatic hydroxyl groups excluding tert-OH is 1. The van der Waals surface area contributed by atoms with Crippen molar-refractivity contribution in [1.29, 1.82) is 0 Å². The summed E-state index contributed by atoms with van der Waals surface area (Å²) in [5.41, 5.74) is 0. The van der Waals surface area contributed by atoms with E-state index in [4.69, 9.17) is 5.11 Å². The van der Waals surface area contributed by atoms with Crippen molar-refractivity contribution in [3.05, 3.63) is 15.8 Å². The van der Waals surface area contributed by atoms with Crippen molar-refractivity contribution in [3.63, 3.8) is 0 Å². The van der Waals surface area contributed by atoms with Gasteiger partial charge in [-0.1, -0.05) is 6.42 Å². The third-order valence-electron chi connectivity index (χ3n) is 3.33. The predicted molar refractivity (Wildman–Crippen MR) is 67.6 cm³/mol. The van der Waals surface area contributed by atoms with Crippen LogP contribution >= 0.6 is 11.3 Å². The van der Waals surface area contributed by atoms with Crippen LogP contribution in [0.15, 0.2) is 11.0 Å². The van der Waals surface area contributed by atoms with Crippen molar-refractivity contribution in [2.24, 2.45) is 0 Å². The van der Waals surface area contributed by atoms with Crippen LogP contribution in [-0.4, -0.2) is 30.9 Å². The van der Waals surface area contributed by atoms with Gasteiger partial charge in [0.2, 0.25) is 10.0 Å². The largest absolute Gasteiger partial charge is 0.391 e. The lowest BCUT2D eigenvalue weighted by molar-refractivity contribution is 0.249. The molecule has 1 N–H and O–H groups in total. The first-order chi connectivity index (χ1) is 7.96. The summed E-state index contributed by atoms with van der Waals surface area (Å²) in [6.45, 7) is 1.68. The van der Waals surface area contributed by atoms with Crippen molar-refractivity contribution in [3.8, 4) is 0 Å². The second-order valence-corrected chi connectivity index (χ2v) is 7.70. The summed E-state index contributed by atoms with van der Waals surface area (Å²) >= 11 is 1.34. The lowest BCUT2D eigenvalue weighted by Crippen LogP contribution is -2.41. The molecule has 4 nitrogen and oxygen atoms in total. The van der Waals surface area contributed by atoms with Gasteiger partial charge in [-0.15, -0.1) is 11.3 Å². The van der Waals surface area contributed by atoms with Crippen LogP contribution in [0.25, 0.3) is 0 Å². The molecule has 0 unspecified atom stereocenters. The average molecular weight is 275 g/mol. The minimum atomic E-state index is -3.39. The van der Waals surface area contributed by atoms with Gasteiger partial charge in [0, 0.05) is 22.8 Å². The first-order valence-electron chi connectivity index (χ1n) is 5.65. The van der Waals surface area contributed by atoms with Crippen molar-refractivity contribution in [2.45, 2.75) is 43.7 Å². The van der Waals surface area contributed by atoms with Crippen LogP contribution < -0.4 is 0 Å².